The molecule has 24 heavy (non-hydrogen) atoms. The zero-order chi connectivity index (χ0) is 16.9. The molecule has 3 rings (SSSR count). The minimum atomic E-state index is 0.0251. The van der Waals surface area contributed by atoms with Crippen molar-refractivity contribution in [2.24, 2.45) is 0 Å². The van der Waals surface area contributed by atoms with Gasteiger partial charge in [-0.2, -0.15) is 0 Å². The Morgan fingerprint density at radius 1 is 1.25 bits per heavy atom. The van der Waals surface area contributed by atoms with Gasteiger partial charge in [0.15, 0.2) is 0 Å². The van der Waals surface area contributed by atoms with Crippen LogP contribution in [0.15, 0.2) is 42.5 Å². The Morgan fingerprint density at radius 2 is 2.08 bits per heavy atom. The molecule has 0 aromatic heterocycles. The second kappa shape index (κ2) is 7.30. The third kappa shape index (κ3) is 3.18. The third-order valence-corrected chi connectivity index (χ3v) is 4.51. The van der Waals surface area contributed by atoms with E-state index in [1.165, 1.54) is 5.56 Å². The minimum Gasteiger partial charge on any atom is -0.388 e. The molecule has 0 saturated heterocycles. The number of aldehydes is 1. The first-order valence-electron chi connectivity index (χ1n) is 8.38. The first-order chi connectivity index (χ1) is 11.7. The second-order valence-corrected chi connectivity index (χ2v) is 6.02. The van der Waals surface area contributed by atoms with Crippen LogP contribution in [0.3, 0.4) is 0 Å². The zero-order valence-corrected chi connectivity index (χ0v) is 13.9. The number of carbonyl (C=O) groups is 2. The molecule has 4 nitrogen and oxygen atoms in total. The fourth-order valence-corrected chi connectivity index (χ4v) is 3.29. The minimum absolute atomic E-state index is 0.0251. The molecule has 0 unspecified atom stereocenters. The Bertz CT molecular complexity index is 755. The average Bonchev–Trinajstić information content (AvgIpc) is 2.65. The lowest BCUT2D eigenvalue weighted by Gasteiger charge is -2.29. The molecule has 4 heteroatoms. The van der Waals surface area contributed by atoms with Gasteiger partial charge < -0.3 is 15.0 Å². The van der Waals surface area contributed by atoms with Crippen molar-refractivity contribution in [3.63, 3.8) is 0 Å². The molecule has 1 aliphatic heterocycles. The van der Waals surface area contributed by atoms with Crippen LogP contribution < -0.4 is 10.2 Å². The van der Waals surface area contributed by atoms with E-state index in [2.05, 4.69) is 11.4 Å². The van der Waals surface area contributed by atoms with Crippen molar-refractivity contribution in [1.82, 2.24) is 0 Å². The number of nitrogens with one attached hydrogen (secondary N) is 1. The van der Waals surface area contributed by atoms with Gasteiger partial charge in [0.1, 0.15) is 6.29 Å². The number of hydrogen-bond acceptors (Lipinski definition) is 3. The lowest BCUT2D eigenvalue weighted by molar-refractivity contribution is -0.107. The highest BCUT2D eigenvalue weighted by molar-refractivity contribution is 6.07. The summed E-state index contributed by atoms with van der Waals surface area (Å²) in [4.78, 5) is 25.6. The molecule has 1 amide bonds. The molecule has 1 N–H and O–H groups in total. The maximum Gasteiger partial charge on any atom is 0.258 e. The average molecular weight is 322 g/mol. The SMILES string of the molecule is CNc1ccc(C(=O)N2CCCc3ccccc32)cc1CCC=O. The molecular formula is C20H22N2O2. The predicted octanol–water partition coefficient (Wildman–Crippen LogP) is 3.45. The highest BCUT2D eigenvalue weighted by Gasteiger charge is 2.23. The van der Waals surface area contributed by atoms with Crippen molar-refractivity contribution in [2.75, 3.05) is 23.8 Å². The Kier molecular flexibility index (Phi) is 4.94. The molecule has 0 fully saturated rings. The van der Waals surface area contributed by atoms with Gasteiger partial charge in [0.25, 0.3) is 5.91 Å². The van der Waals surface area contributed by atoms with E-state index >= 15 is 0 Å². The number of nitrogens with zero attached hydrogens (tertiary/aromatic N) is 1. The number of para-hydroxylation sites is 1. The monoisotopic (exact) mass is 322 g/mol. The molecule has 1 heterocycles. The van der Waals surface area contributed by atoms with E-state index in [4.69, 9.17) is 0 Å². The standard InChI is InChI=1S/C20H22N2O2/c1-21-18-11-10-17(14-16(18)8-5-13-23)20(24)22-12-4-7-15-6-2-3-9-19(15)22/h2-3,6,9-11,13-14,21H,4-5,7-8,12H2,1H3. The summed E-state index contributed by atoms with van der Waals surface area (Å²) >= 11 is 0. The summed E-state index contributed by atoms with van der Waals surface area (Å²) in [5.41, 5.74) is 4.88. The van der Waals surface area contributed by atoms with Gasteiger partial charge in [-0.15, -0.1) is 0 Å². The van der Waals surface area contributed by atoms with Gasteiger partial charge in [-0.3, -0.25) is 4.79 Å². The van der Waals surface area contributed by atoms with Crippen molar-refractivity contribution in [1.29, 1.82) is 0 Å². The molecule has 0 bridgehead atoms. The van der Waals surface area contributed by atoms with Gasteiger partial charge in [0, 0.05) is 37.0 Å². The van der Waals surface area contributed by atoms with Crippen LogP contribution in [0, 0.1) is 0 Å². The zero-order valence-electron chi connectivity index (χ0n) is 13.9. The van der Waals surface area contributed by atoms with Crippen LogP contribution in [-0.4, -0.2) is 25.8 Å². The Balaban J connectivity index is 1.92. The van der Waals surface area contributed by atoms with Gasteiger partial charge in [0.05, 0.1) is 0 Å². The highest BCUT2D eigenvalue weighted by Crippen LogP contribution is 2.29. The van der Waals surface area contributed by atoms with Crippen molar-refractivity contribution >= 4 is 23.6 Å². The van der Waals surface area contributed by atoms with Crippen LogP contribution in [0.4, 0.5) is 11.4 Å². The quantitative estimate of drug-likeness (QED) is 0.858. The Morgan fingerprint density at radius 3 is 2.88 bits per heavy atom. The van der Waals surface area contributed by atoms with E-state index in [1.54, 1.807) is 0 Å². The Labute approximate surface area is 142 Å². The van der Waals surface area contributed by atoms with Crippen molar-refractivity contribution in [3.05, 3.63) is 59.2 Å². The van der Waals surface area contributed by atoms with Crippen LogP contribution >= 0.6 is 0 Å². The van der Waals surface area contributed by atoms with Crippen molar-refractivity contribution in [3.8, 4) is 0 Å². The lowest BCUT2D eigenvalue weighted by Crippen LogP contribution is -2.35. The van der Waals surface area contributed by atoms with Crippen LogP contribution in [0.25, 0.3) is 0 Å². The normalized spacial score (nSPS) is 13.3. The lowest BCUT2D eigenvalue weighted by atomic mass is 9.99. The van der Waals surface area contributed by atoms with Gasteiger partial charge in [0.2, 0.25) is 0 Å². The van der Waals surface area contributed by atoms with Crippen molar-refractivity contribution < 1.29 is 9.59 Å². The maximum absolute atomic E-state index is 13.0. The summed E-state index contributed by atoms with van der Waals surface area (Å²) in [6.07, 6.45) is 4.00. The number of carbonyl (C=O) groups excluding carboxylic acids is 2. The van der Waals surface area contributed by atoms with E-state index in [0.717, 1.165) is 42.6 Å². The molecule has 2 aromatic carbocycles. The van der Waals surface area contributed by atoms with Crippen LogP contribution in [0.1, 0.15) is 34.3 Å². The molecule has 0 atom stereocenters. The van der Waals surface area contributed by atoms with E-state index in [-0.39, 0.29) is 5.91 Å². The molecule has 0 spiro atoms. The fourth-order valence-electron chi connectivity index (χ4n) is 3.29. The largest absolute Gasteiger partial charge is 0.388 e. The summed E-state index contributed by atoms with van der Waals surface area (Å²) in [6.45, 7) is 0.743. The Hall–Kier alpha value is -2.62. The van der Waals surface area contributed by atoms with Crippen LogP contribution in [0.2, 0.25) is 0 Å². The van der Waals surface area contributed by atoms with Gasteiger partial charge >= 0.3 is 0 Å². The summed E-state index contributed by atoms with van der Waals surface area (Å²) in [6, 6.07) is 13.8. The molecule has 0 saturated carbocycles. The number of benzene rings is 2. The van der Waals surface area contributed by atoms with Crippen LogP contribution in [-0.2, 0) is 17.6 Å². The first kappa shape index (κ1) is 16.2. The first-order valence-corrected chi connectivity index (χ1v) is 8.38. The second-order valence-electron chi connectivity index (χ2n) is 6.02. The number of fused-ring (bicyclic) bond motifs is 1. The van der Waals surface area contributed by atoms with E-state index in [9.17, 15) is 9.59 Å². The van der Waals surface area contributed by atoms with Gasteiger partial charge in [-0.05, 0) is 54.7 Å². The number of hydrogen-bond donors (Lipinski definition) is 1. The topological polar surface area (TPSA) is 49.4 Å². The summed E-state index contributed by atoms with van der Waals surface area (Å²) in [7, 11) is 1.85. The fraction of sp³-hybridized carbons (Fsp3) is 0.300. The van der Waals surface area contributed by atoms with E-state index in [1.807, 2.05) is 48.3 Å². The van der Waals surface area contributed by atoms with E-state index < -0.39 is 0 Å². The third-order valence-electron chi connectivity index (χ3n) is 4.51. The maximum atomic E-state index is 13.0. The smallest absolute Gasteiger partial charge is 0.258 e. The summed E-state index contributed by atoms with van der Waals surface area (Å²) in [5.74, 6) is 0.0251. The molecular weight excluding hydrogens is 300 g/mol. The number of amides is 1. The summed E-state index contributed by atoms with van der Waals surface area (Å²) in [5, 5.41) is 3.12. The number of anilines is 2. The van der Waals surface area contributed by atoms with Gasteiger partial charge in [-0.1, -0.05) is 18.2 Å². The number of rotatable bonds is 5. The molecule has 124 valence electrons. The van der Waals surface area contributed by atoms with Crippen LogP contribution in [0.5, 0.6) is 0 Å². The summed E-state index contributed by atoms with van der Waals surface area (Å²) < 4.78 is 0. The molecule has 1 aliphatic rings. The van der Waals surface area contributed by atoms with Crippen molar-refractivity contribution in [2.45, 2.75) is 25.7 Å². The number of aryl methyl sites for hydroxylation is 2. The highest BCUT2D eigenvalue weighted by atomic mass is 16.2. The molecule has 0 radical (unpaired) electrons. The molecule has 0 aliphatic carbocycles. The van der Waals surface area contributed by atoms with Gasteiger partial charge in [-0.25, -0.2) is 0 Å². The molecule has 2 aromatic rings. The van der Waals surface area contributed by atoms with E-state index in [0.29, 0.717) is 18.4 Å². The predicted molar refractivity (Wildman–Crippen MR) is 96.8 cm³/mol.